The summed E-state index contributed by atoms with van der Waals surface area (Å²) in [7, 11) is 0. The van der Waals surface area contributed by atoms with E-state index in [9.17, 15) is 0 Å². The average molecular weight is 290 g/mol. The van der Waals surface area contributed by atoms with Crippen LogP contribution in [0.2, 0.25) is 0 Å². The van der Waals surface area contributed by atoms with Crippen LogP contribution in [0, 0.1) is 0 Å². The molecule has 0 bridgehead atoms. The third-order valence-corrected chi connectivity index (χ3v) is 4.19. The Labute approximate surface area is 129 Å². The van der Waals surface area contributed by atoms with E-state index in [1.54, 1.807) is 0 Å². The Morgan fingerprint density at radius 2 is 1.95 bits per heavy atom. The molecule has 0 radical (unpaired) electrons. The molecule has 0 amide bonds. The lowest BCUT2D eigenvalue weighted by Crippen LogP contribution is -2.49. The first kappa shape index (κ1) is 16.5. The summed E-state index contributed by atoms with van der Waals surface area (Å²) < 4.78 is 5.63. The van der Waals surface area contributed by atoms with Gasteiger partial charge in [-0.15, -0.1) is 0 Å². The molecule has 0 aliphatic carbocycles. The minimum Gasteiger partial charge on any atom is -0.378 e. The van der Waals surface area contributed by atoms with Crippen molar-refractivity contribution >= 4 is 0 Å². The molecule has 3 heteroatoms. The first-order valence-electron chi connectivity index (χ1n) is 8.12. The van der Waals surface area contributed by atoms with Crippen molar-refractivity contribution in [2.45, 2.75) is 45.7 Å². The molecule has 21 heavy (non-hydrogen) atoms. The smallest absolute Gasteiger partial charge is 0.0635 e. The monoisotopic (exact) mass is 290 g/mol. The molecule has 1 N–H and O–H groups in total. The largest absolute Gasteiger partial charge is 0.378 e. The third kappa shape index (κ3) is 4.80. The Kier molecular flexibility index (Phi) is 5.80. The second-order valence-corrected chi connectivity index (χ2v) is 6.95. The molecule has 1 aliphatic heterocycles. The van der Waals surface area contributed by atoms with Gasteiger partial charge in [0.2, 0.25) is 0 Å². The standard InChI is InChI=1S/C18H30N2O/c1-5-19-12-17-14-21-11-10-20(17)13-15-6-8-16(9-7-15)18(2,3)4/h6-9,17,19H,5,10-14H2,1-4H3. The SMILES string of the molecule is CCNCC1COCCN1Cc1ccc(C(C)(C)C)cc1. The van der Waals surface area contributed by atoms with Gasteiger partial charge >= 0.3 is 0 Å². The molecule has 0 aromatic heterocycles. The summed E-state index contributed by atoms with van der Waals surface area (Å²) in [6, 6.07) is 9.59. The zero-order valence-electron chi connectivity index (χ0n) is 14.0. The summed E-state index contributed by atoms with van der Waals surface area (Å²) in [6.07, 6.45) is 0. The Balaban J connectivity index is 1.98. The summed E-state index contributed by atoms with van der Waals surface area (Å²) in [5.74, 6) is 0. The van der Waals surface area contributed by atoms with Crippen LogP contribution in [0.4, 0.5) is 0 Å². The molecule has 3 nitrogen and oxygen atoms in total. The molecule has 1 heterocycles. The average Bonchev–Trinajstić information content (AvgIpc) is 2.46. The van der Waals surface area contributed by atoms with Crippen molar-refractivity contribution in [1.29, 1.82) is 0 Å². The maximum Gasteiger partial charge on any atom is 0.0635 e. The molecule has 2 rings (SSSR count). The minimum atomic E-state index is 0.227. The van der Waals surface area contributed by atoms with Crippen molar-refractivity contribution in [3.8, 4) is 0 Å². The van der Waals surface area contributed by atoms with E-state index in [-0.39, 0.29) is 5.41 Å². The van der Waals surface area contributed by atoms with Crippen LogP contribution in [0.3, 0.4) is 0 Å². The van der Waals surface area contributed by atoms with Gasteiger partial charge in [-0.2, -0.15) is 0 Å². The molecular weight excluding hydrogens is 260 g/mol. The van der Waals surface area contributed by atoms with Gasteiger partial charge in [0.1, 0.15) is 0 Å². The maximum atomic E-state index is 5.63. The first-order valence-corrected chi connectivity index (χ1v) is 8.12. The van der Waals surface area contributed by atoms with Crippen LogP contribution < -0.4 is 5.32 Å². The Bertz CT molecular complexity index is 422. The molecule has 1 aliphatic rings. The number of rotatable bonds is 5. The maximum absolute atomic E-state index is 5.63. The summed E-state index contributed by atoms with van der Waals surface area (Å²) >= 11 is 0. The summed E-state index contributed by atoms with van der Waals surface area (Å²) in [6.45, 7) is 14.7. The van der Waals surface area contributed by atoms with Gasteiger partial charge in [-0.25, -0.2) is 0 Å². The van der Waals surface area contributed by atoms with Crippen molar-refractivity contribution in [2.24, 2.45) is 0 Å². The van der Waals surface area contributed by atoms with Gasteiger partial charge in [-0.1, -0.05) is 52.0 Å². The van der Waals surface area contributed by atoms with E-state index in [2.05, 4.69) is 62.2 Å². The van der Waals surface area contributed by atoms with E-state index < -0.39 is 0 Å². The van der Waals surface area contributed by atoms with Gasteiger partial charge in [0.15, 0.2) is 0 Å². The topological polar surface area (TPSA) is 24.5 Å². The fourth-order valence-corrected chi connectivity index (χ4v) is 2.74. The quantitative estimate of drug-likeness (QED) is 0.902. The van der Waals surface area contributed by atoms with Crippen LogP contribution in [-0.2, 0) is 16.7 Å². The van der Waals surface area contributed by atoms with Crippen LogP contribution in [0.25, 0.3) is 0 Å². The van der Waals surface area contributed by atoms with Crippen LogP contribution in [-0.4, -0.2) is 43.8 Å². The molecule has 1 fully saturated rings. The highest BCUT2D eigenvalue weighted by molar-refractivity contribution is 5.27. The molecule has 118 valence electrons. The molecule has 1 aromatic carbocycles. The second kappa shape index (κ2) is 7.39. The molecule has 1 atom stereocenters. The third-order valence-electron chi connectivity index (χ3n) is 4.19. The van der Waals surface area contributed by atoms with Crippen molar-refractivity contribution < 1.29 is 4.74 Å². The van der Waals surface area contributed by atoms with Crippen LogP contribution >= 0.6 is 0 Å². The summed E-state index contributed by atoms with van der Waals surface area (Å²) in [5.41, 5.74) is 3.02. The lowest BCUT2D eigenvalue weighted by Gasteiger charge is -2.35. The molecule has 1 aromatic rings. The number of hydrogen-bond donors (Lipinski definition) is 1. The number of likely N-dealkylation sites (N-methyl/N-ethyl adjacent to an activating group) is 1. The summed E-state index contributed by atoms with van der Waals surface area (Å²) in [4.78, 5) is 2.54. The van der Waals surface area contributed by atoms with E-state index in [0.29, 0.717) is 6.04 Å². The normalized spacial score (nSPS) is 20.7. The summed E-state index contributed by atoms with van der Waals surface area (Å²) in [5, 5.41) is 3.44. The van der Waals surface area contributed by atoms with E-state index >= 15 is 0 Å². The number of nitrogens with one attached hydrogen (secondary N) is 1. The lowest BCUT2D eigenvalue weighted by molar-refractivity contribution is -0.0107. The molecule has 0 saturated carbocycles. The zero-order chi connectivity index (χ0) is 15.3. The van der Waals surface area contributed by atoms with E-state index in [4.69, 9.17) is 4.74 Å². The number of hydrogen-bond acceptors (Lipinski definition) is 3. The van der Waals surface area contributed by atoms with Gasteiger partial charge in [0.05, 0.1) is 13.2 Å². The van der Waals surface area contributed by atoms with E-state index in [1.165, 1.54) is 11.1 Å². The van der Waals surface area contributed by atoms with Crippen LogP contribution in [0.5, 0.6) is 0 Å². The Morgan fingerprint density at radius 1 is 1.24 bits per heavy atom. The molecular formula is C18H30N2O. The number of nitrogens with zero attached hydrogens (tertiary/aromatic N) is 1. The number of ether oxygens (including phenoxy) is 1. The zero-order valence-corrected chi connectivity index (χ0v) is 14.0. The van der Waals surface area contributed by atoms with Crippen molar-refractivity contribution in [3.63, 3.8) is 0 Å². The molecule has 0 spiro atoms. The predicted molar refractivity (Wildman–Crippen MR) is 88.7 cm³/mol. The Morgan fingerprint density at radius 3 is 2.57 bits per heavy atom. The fourth-order valence-electron chi connectivity index (χ4n) is 2.74. The number of morpholine rings is 1. The van der Waals surface area contributed by atoms with Crippen LogP contribution in [0.15, 0.2) is 24.3 Å². The fraction of sp³-hybridized carbons (Fsp3) is 0.667. The van der Waals surface area contributed by atoms with E-state index in [0.717, 1.165) is 39.4 Å². The second-order valence-electron chi connectivity index (χ2n) is 6.95. The van der Waals surface area contributed by atoms with Crippen molar-refractivity contribution in [1.82, 2.24) is 10.2 Å². The predicted octanol–water partition coefficient (Wildman–Crippen LogP) is 2.79. The molecule has 1 unspecified atom stereocenters. The van der Waals surface area contributed by atoms with Crippen molar-refractivity contribution in [2.75, 3.05) is 32.8 Å². The van der Waals surface area contributed by atoms with Gasteiger partial charge in [-0.05, 0) is 23.1 Å². The van der Waals surface area contributed by atoms with Gasteiger partial charge < -0.3 is 10.1 Å². The molecule has 1 saturated heterocycles. The highest BCUT2D eigenvalue weighted by Gasteiger charge is 2.22. The Hall–Kier alpha value is -0.900. The van der Waals surface area contributed by atoms with Gasteiger partial charge in [-0.3, -0.25) is 4.90 Å². The van der Waals surface area contributed by atoms with Gasteiger partial charge in [0, 0.05) is 25.7 Å². The van der Waals surface area contributed by atoms with Gasteiger partial charge in [0.25, 0.3) is 0 Å². The lowest BCUT2D eigenvalue weighted by atomic mass is 9.86. The highest BCUT2D eigenvalue weighted by Crippen LogP contribution is 2.23. The van der Waals surface area contributed by atoms with Crippen LogP contribution in [0.1, 0.15) is 38.8 Å². The highest BCUT2D eigenvalue weighted by atomic mass is 16.5. The number of benzene rings is 1. The minimum absolute atomic E-state index is 0.227. The van der Waals surface area contributed by atoms with E-state index in [1.807, 2.05) is 0 Å². The first-order chi connectivity index (χ1) is 10.0. The van der Waals surface area contributed by atoms with Crippen molar-refractivity contribution in [3.05, 3.63) is 35.4 Å².